The second kappa shape index (κ2) is 9.70. The van der Waals surface area contributed by atoms with Gasteiger partial charge in [0.1, 0.15) is 23.0 Å². The van der Waals surface area contributed by atoms with Crippen LogP contribution < -0.4 is 20.3 Å². The summed E-state index contributed by atoms with van der Waals surface area (Å²) in [4.78, 5) is 33.3. The van der Waals surface area contributed by atoms with E-state index in [1.165, 1.54) is 16.0 Å². The molecule has 4 rings (SSSR count). The molecular weight excluding hydrogens is 442 g/mol. The zero-order chi connectivity index (χ0) is 23.4. The molecule has 10 heteroatoms. The summed E-state index contributed by atoms with van der Waals surface area (Å²) in [5.74, 6) is 1.45. The highest BCUT2D eigenvalue weighted by Gasteiger charge is 2.17. The van der Waals surface area contributed by atoms with Crippen molar-refractivity contribution in [3.05, 3.63) is 69.5 Å². The fraction of sp³-hybridized carbons (Fsp3) is 0.217. The lowest BCUT2D eigenvalue weighted by atomic mass is 10.2. The number of rotatable bonds is 8. The lowest BCUT2D eigenvalue weighted by molar-refractivity contribution is -0.118. The van der Waals surface area contributed by atoms with Crippen molar-refractivity contribution < 1.29 is 14.3 Å². The zero-order valence-corrected chi connectivity index (χ0v) is 19.2. The first-order valence-electron chi connectivity index (χ1n) is 10.3. The largest absolute Gasteiger partial charge is 0.497 e. The molecule has 1 amide bonds. The number of nitrogens with zero attached hydrogens (tertiary/aromatic N) is 3. The molecule has 0 radical (unpaired) electrons. The molecule has 0 saturated heterocycles. The first kappa shape index (κ1) is 22.3. The highest BCUT2D eigenvalue weighted by molar-refractivity contribution is 7.13. The summed E-state index contributed by atoms with van der Waals surface area (Å²) in [6.45, 7) is 3.47. The highest BCUT2D eigenvalue weighted by Crippen LogP contribution is 2.27. The molecule has 33 heavy (non-hydrogen) atoms. The summed E-state index contributed by atoms with van der Waals surface area (Å²) >= 11 is 1.52. The van der Waals surface area contributed by atoms with Crippen molar-refractivity contribution in [2.24, 2.45) is 0 Å². The average Bonchev–Trinajstić information content (AvgIpc) is 3.48. The Morgan fingerprint density at radius 2 is 1.97 bits per heavy atom. The summed E-state index contributed by atoms with van der Waals surface area (Å²) in [5, 5.41) is 9.32. The molecule has 0 unspecified atom stereocenters. The van der Waals surface area contributed by atoms with Crippen LogP contribution in [0.4, 0.5) is 5.82 Å². The van der Waals surface area contributed by atoms with Crippen molar-refractivity contribution in [1.29, 1.82) is 0 Å². The molecule has 9 nitrogen and oxygen atoms in total. The molecule has 0 aliphatic rings. The van der Waals surface area contributed by atoms with E-state index in [2.05, 4.69) is 20.4 Å². The molecule has 2 N–H and O–H groups in total. The van der Waals surface area contributed by atoms with Gasteiger partial charge in [0.25, 0.3) is 11.5 Å². The highest BCUT2D eigenvalue weighted by atomic mass is 32.1. The first-order valence-corrected chi connectivity index (χ1v) is 11.2. The Morgan fingerprint density at radius 1 is 1.21 bits per heavy atom. The van der Waals surface area contributed by atoms with Crippen molar-refractivity contribution in [3.63, 3.8) is 0 Å². The SMILES string of the molecule is CCc1c(C)nc(-n2nc(-c3cccs3)cc2NC(=O)COc2ccc(OC)cc2)[nH]c1=O. The number of benzene rings is 1. The maximum absolute atomic E-state index is 12.6. The maximum Gasteiger partial charge on any atom is 0.263 e. The van der Waals surface area contributed by atoms with E-state index in [0.717, 1.165) is 4.88 Å². The topological polar surface area (TPSA) is 111 Å². The van der Waals surface area contributed by atoms with Gasteiger partial charge in [0.2, 0.25) is 5.95 Å². The molecule has 1 aromatic carbocycles. The summed E-state index contributed by atoms with van der Waals surface area (Å²) in [7, 11) is 1.58. The number of hydrogen-bond acceptors (Lipinski definition) is 7. The van der Waals surface area contributed by atoms with Gasteiger partial charge >= 0.3 is 0 Å². The van der Waals surface area contributed by atoms with Crippen molar-refractivity contribution >= 4 is 23.1 Å². The van der Waals surface area contributed by atoms with Crippen molar-refractivity contribution in [2.45, 2.75) is 20.3 Å². The Kier molecular flexibility index (Phi) is 6.55. The number of nitrogens with one attached hydrogen (secondary N) is 2. The van der Waals surface area contributed by atoms with Crippen molar-refractivity contribution in [2.75, 3.05) is 19.0 Å². The van der Waals surface area contributed by atoms with E-state index >= 15 is 0 Å². The van der Waals surface area contributed by atoms with Gasteiger partial charge in [0.05, 0.1) is 12.0 Å². The molecule has 0 aliphatic carbocycles. The quantitative estimate of drug-likeness (QED) is 0.411. The molecule has 3 aromatic heterocycles. The summed E-state index contributed by atoms with van der Waals surface area (Å²) < 4.78 is 12.1. The Balaban J connectivity index is 1.60. The third kappa shape index (κ3) is 4.96. The van der Waals surface area contributed by atoms with Crippen molar-refractivity contribution in [3.8, 4) is 28.0 Å². The molecule has 0 spiro atoms. The summed E-state index contributed by atoms with van der Waals surface area (Å²) in [5.41, 5.74) is 1.65. The molecule has 0 bridgehead atoms. The lowest BCUT2D eigenvalue weighted by Crippen LogP contribution is -2.24. The van der Waals surface area contributed by atoms with E-state index in [-0.39, 0.29) is 24.0 Å². The standard InChI is InChI=1S/C23H23N5O4S/c1-4-17-14(2)24-23(26-22(17)30)28-20(12-18(27-28)19-6-5-11-33-19)25-21(29)13-32-16-9-7-15(31-3)8-10-16/h5-12H,4,13H2,1-3H3,(H,25,29)(H,24,26,30). The van der Waals surface area contributed by atoms with Crippen molar-refractivity contribution in [1.82, 2.24) is 19.7 Å². The van der Waals surface area contributed by atoms with Crippen LogP contribution in [0.3, 0.4) is 0 Å². The van der Waals surface area contributed by atoms with Gasteiger partial charge in [-0.3, -0.25) is 14.6 Å². The van der Waals surface area contributed by atoms with Crippen LogP contribution in [0.1, 0.15) is 18.2 Å². The van der Waals surface area contributed by atoms with Crippen LogP contribution in [-0.2, 0) is 11.2 Å². The predicted molar refractivity (Wildman–Crippen MR) is 127 cm³/mol. The Labute approximate surface area is 194 Å². The number of aromatic nitrogens is 4. The first-order chi connectivity index (χ1) is 16.0. The molecule has 0 saturated carbocycles. The van der Waals surface area contributed by atoms with Crippen LogP contribution in [0.2, 0.25) is 0 Å². The van der Waals surface area contributed by atoms with Crippen LogP contribution >= 0.6 is 11.3 Å². The van der Waals surface area contributed by atoms with Gasteiger partial charge in [0, 0.05) is 17.3 Å². The number of thiophene rings is 1. The van der Waals surface area contributed by atoms with Gasteiger partial charge in [-0.05, 0) is 49.1 Å². The number of anilines is 1. The van der Waals surface area contributed by atoms with Crippen LogP contribution in [0.15, 0.2) is 52.6 Å². The van der Waals surface area contributed by atoms with Gasteiger partial charge in [-0.2, -0.15) is 9.78 Å². The molecule has 0 fully saturated rings. The number of ether oxygens (including phenoxy) is 2. The fourth-order valence-electron chi connectivity index (χ4n) is 3.29. The number of carbonyl (C=O) groups is 1. The average molecular weight is 466 g/mol. The Morgan fingerprint density at radius 3 is 2.61 bits per heavy atom. The van der Waals surface area contributed by atoms with E-state index in [1.807, 2.05) is 24.4 Å². The molecular formula is C23H23N5O4S. The molecule has 0 atom stereocenters. The van der Waals surface area contributed by atoms with Gasteiger partial charge < -0.3 is 14.8 Å². The number of H-pyrrole nitrogens is 1. The number of aromatic amines is 1. The van der Waals surface area contributed by atoms with Crippen LogP contribution in [0, 0.1) is 6.92 Å². The summed E-state index contributed by atoms with van der Waals surface area (Å²) in [6.07, 6.45) is 0.570. The third-order valence-corrected chi connectivity index (χ3v) is 5.84. The number of hydrogen-bond donors (Lipinski definition) is 2. The monoisotopic (exact) mass is 465 g/mol. The van der Waals surface area contributed by atoms with Crippen LogP contribution in [-0.4, -0.2) is 39.4 Å². The van der Waals surface area contributed by atoms with Gasteiger partial charge in [-0.15, -0.1) is 11.3 Å². The predicted octanol–water partition coefficient (Wildman–Crippen LogP) is 3.58. The number of methoxy groups -OCH3 is 1. The van der Waals surface area contributed by atoms with Crippen LogP contribution in [0.5, 0.6) is 11.5 Å². The minimum absolute atomic E-state index is 0.205. The van der Waals surface area contributed by atoms with Gasteiger partial charge in [-0.25, -0.2) is 4.98 Å². The Bertz CT molecular complexity index is 1310. The Hall–Kier alpha value is -3.92. The smallest absolute Gasteiger partial charge is 0.263 e. The maximum atomic E-state index is 12.6. The number of amides is 1. The van der Waals surface area contributed by atoms with Crippen LogP contribution in [0.25, 0.3) is 16.5 Å². The summed E-state index contributed by atoms with van der Waals surface area (Å²) in [6, 6.07) is 12.5. The lowest BCUT2D eigenvalue weighted by Gasteiger charge is -2.10. The van der Waals surface area contributed by atoms with E-state index in [0.29, 0.717) is 40.7 Å². The zero-order valence-electron chi connectivity index (χ0n) is 18.4. The minimum Gasteiger partial charge on any atom is -0.497 e. The van der Waals surface area contributed by atoms with Gasteiger partial charge in [-0.1, -0.05) is 13.0 Å². The minimum atomic E-state index is -0.381. The van der Waals surface area contributed by atoms with E-state index in [4.69, 9.17) is 9.47 Å². The fourth-order valence-corrected chi connectivity index (χ4v) is 3.97. The van der Waals surface area contributed by atoms with E-state index in [1.54, 1.807) is 44.4 Å². The van der Waals surface area contributed by atoms with E-state index in [9.17, 15) is 9.59 Å². The molecule has 170 valence electrons. The van der Waals surface area contributed by atoms with Gasteiger partial charge in [0.15, 0.2) is 6.61 Å². The second-order valence-electron chi connectivity index (χ2n) is 7.12. The molecule has 3 heterocycles. The molecule has 4 aromatic rings. The molecule has 0 aliphatic heterocycles. The van der Waals surface area contributed by atoms with E-state index < -0.39 is 0 Å². The number of carbonyl (C=O) groups excluding carboxylic acids is 1. The second-order valence-corrected chi connectivity index (χ2v) is 8.07. The third-order valence-electron chi connectivity index (χ3n) is 4.94. The normalized spacial score (nSPS) is 10.8. The number of aryl methyl sites for hydroxylation is 1.